The zero-order chi connectivity index (χ0) is 13.5. The molecule has 1 heterocycles. The van der Waals surface area contributed by atoms with E-state index in [0.717, 1.165) is 5.39 Å². The van der Waals surface area contributed by atoms with E-state index in [2.05, 4.69) is 0 Å². The topological polar surface area (TPSA) is 115 Å². The van der Waals surface area contributed by atoms with Gasteiger partial charge in [0.05, 0.1) is 11.0 Å². The van der Waals surface area contributed by atoms with Gasteiger partial charge in [0.15, 0.2) is 0 Å². The first kappa shape index (κ1) is 13.2. The maximum absolute atomic E-state index is 10.5. The summed E-state index contributed by atoms with van der Waals surface area (Å²) in [6, 6.07) is 7.26. The summed E-state index contributed by atoms with van der Waals surface area (Å²) < 4.78 is 4.73. The number of carbonyl (C=O) groups is 2. The maximum Gasteiger partial charge on any atom is 0.328 e. The van der Waals surface area contributed by atoms with Gasteiger partial charge in [-0.15, -0.1) is 0 Å². The van der Waals surface area contributed by atoms with Crippen LogP contribution in [-0.2, 0) is 9.59 Å². The van der Waals surface area contributed by atoms with E-state index in [1.165, 1.54) is 6.20 Å². The van der Waals surface area contributed by atoms with Crippen molar-refractivity contribution in [2.75, 3.05) is 0 Å². The molecular weight excluding hydrogens is 242 g/mol. The summed E-state index contributed by atoms with van der Waals surface area (Å²) in [5, 5.41) is 27.0. The van der Waals surface area contributed by atoms with Gasteiger partial charge >= 0.3 is 11.9 Å². The molecule has 0 spiro atoms. The highest BCUT2D eigenvalue weighted by Crippen LogP contribution is 2.09. The van der Waals surface area contributed by atoms with Crippen LogP contribution in [-0.4, -0.2) is 22.2 Å². The van der Waals surface area contributed by atoms with Crippen LogP contribution in [0.25, 0.3) is 11.0 Å². The lowest BCUT2D eigenvalue weighted by Gasteiger charge is -1.81. The predicted molar refractivity (Wildman–Crippen MR) is 59.6 cm³/mol. The minimum atomic E-state index is -1.26. The molecule has 7 heteroatoms. The number of hydrogen-bond acceptors (Lipinski definition) is 4. The molecule has 1 aromatic heterocycles. The van der Waals surface area contributed by atoms with Gasteiger partial charge in [0.2, 0.25) is 6.20 Å². The van der Waals surface area contributed by atoms with E-state index in [1.54, 1.807) is 6.07 Å². The second-order valence-corrected chi connectivity index (χ2v) is 3.05. The Bertz CT molecular complexity index is 537. The van der Waals surface area contributed by atoms with Gasteiger partial charge in [-0.3, -0.25) is 5.21 Å². The van der Waals surface area contributed by atoms with Crippen molar-refractivity contribution in [2.24, 2.45) is 0 Å². The van der Waals surface area contributed by atoms with Crippen LogP contribution in [0.15, 0.2) is 47.1 Å². The van der Waals surface area contributed by atoms with Gasteiger partial charge < -0.3 is 14.7 Å². The zero-order valence-electron chi connectivity index (χ0n) is 9.02. The molecule has 2 N–H and O–H groups in total. The standard InChI is InChI=1S/C7H5NO2.C4H4O4/c9-8-5-6-3-1-2-4-7(6)10-8;5-3(6)1-2-4(7)8/h1-5H;1-2H,(H,5,6)(H,7,8). The minimum absolute atomic E-state index is 0.449. The van der Waals surface area contributed by atoms with Gasteiger partial charge in [-0.05, 0) is 12.1 Å². The van der Waals surface area contributed by atoms with E-state index in [0.29, 0.717) is 22.6 Å². The van der Waals surface area contributed by atoms with Crippen molar-refractivity contribution in [3.63, 3.8) is 0 Å². The maximum atomic E-state index is 10.5. The van der Waals surface area contributed by atoms with Gasteiger partial charge in [0, 0.05) is 17.1 Å². The Morgan fingerprint density at radius 1 is 1.17 bits per heavy atom. The molecule has 0 amide bonds. The summed E-state index contributed by atoms with van der Waals surface area (Å²) in [6.07, 6.45) is 2.51. The molecule has 0 saturated heterocycles. The highest BCUT2D eigenvalue weighted by atomic mass is 16.7. The second kappa shape index (κ2) is 6.04. The molecule has 0 aliphatic carbocycles. The molecule has 0 radical (unpaired) electrons. The first-order chi connectivity index (χ1) is 8.49. The summed E-state index contributed by atoms with van der Waals surface area (Å²) in [5.74, 6) is -2.51. The smallest absolute Gasteiger partial charge is 0.328 e. The molecule has 0 unspecified atom stereocenters. The van der Waals surface area contributed by atoms with Crippen molar-refractivity contribution in [1.82, 2.24) is 0 Å². The Morgan fingerprint density at radius 3 is 2.22 bits per heavy atom. The molecule has 0 fully saturated rings. The van der Waals surface area contributed by atoms with Gasteiger partial charge in [-0.25, -0.2) is 9.59 Å². The lowest BCUT2D eigenvalue weighted by atomic mass is 10.3. The fourth-order valence-corrected chi connectivity index (χ4v) is 1.05. The van der Waals surface area contributed by atoms with Gasteiger partial charge in [0.1, 0.15) is 0 Å². The second-order valence-electron chi connectivity index (χ2n) is 3.05. The van der Waals surface area contributed by atoms with Crippen molar-refractivity contribution in [3.05, 3.63) is 47.8 Å². The third kappa shape index (κ3) is 4.35. The Morgan fingerprint density at radius 2 is 1.72 bits per heavy atom. The van der Waals surface area contributed by atoms with E-state index in [4.69, 9.17) is 14.7 Å². The Balaban J connectivity index is 0.000000187. The van der Waals surface area contributed by atoms with Crippen LogP contribution in [0.4, 0.5) is 0 Å². The molecule has 18 heavy (non-hydrogen) atoms. The number of hydrogen-bond donors (Lipinski definition) is 2. The molecular formula is C11H9NO6. The number of fused-ring (bicyclic) bond motifs is 1. The summed E-state index contributed by atoms with van der Waals surface area (Å²) in [6.45, 7) is 0. The number of nitrogens with zero attached hydrogens (tertiary/aromatic N) is 1. The molecule has 94 valence electrons. The van der Waals surface area contributed by atoms with E-state index >= 15 is 0 Å². The van der Waals surface area contributed by atoms with Crippen molar-refractivity contribution in [2.45, 2.75) is 0 Å². The van der Waals surface area contributed by atoms with Crippen LogP contribution >= 0.6 is 0 Å². The fourth-order valence-electron chi connectivity index (χ4n) is 1.05. The van der Waals surface area contributed by atoms with Gasteiger partial charge in [-0.2, -0.15) is 0 Å². The number of carboxylic acid groups (broad SMARTS) is 2. The molecule has 0 aliphatic heterocycles. The number of para-hydroxylation sites is 1. The molecule has 2 aromatic rings. The van der Waals surface area contributed by atoms with Crippen molar-refractivity contribution < 1.29 is 29.2 Å². The average Bonchev–Trinajstić information content (AvgIpc) is 2.67. The first-order valence-corrected chi connectivity index (χ1v) is 4.71. The third-order valence-corrected chi connectivity index (χ3v) is 1.72. The van der Waals surface area contributed by atoms with E-state index in [1.807, 2.05) is 18.2 Å². The average molecular weight is 251 g/mol. The quantitative estimate of drug-likeness (QED) is 0.602. The molecule has 2 rings (SSSR count). The summed E-state index contributed by atoms with van der Waals surface area (Å²) in [7, 11) is 0. The molecule has 0 aliphatic rings. The van der Waals surface area contributed by atoms with Crippen LogP contribution in [0.1, 0.15) is 0 Å². The van der Waals surface area contributed by atoms with Gasteiger partial charge in [0.25, 0.3) is 0 Å². The predicted octanol–water partition coefficient (Wildman–Crippen LogP) is 0.778. The Hall–Kier alpha value is -2.83. The number of benzene rings is 1. The van der Waals surface area contributed by atoms with Crippen molar-refractivity contribution in [3.8, 4) is 0 Å². The number of aromatic nitrogens is 1. The van der Waals surface area contributed by atoms with E-state index in [-0.39, 0.29) is 0 Å². The number of rotatable bonds is 2. The van der Waals surface area contributed by atoms with Crippen molar-refractivity contribution >= 4 is 22.9 Å². The molecule has 0 bridgehead atoms. The molecule has 1 aromatic carbocycles. The van der Waals surface area contributed by atoms with Crippen LogP contribution < -0.4 is 4.90 Å². The van der Waals surface area contributed by atoms with Crippen LogP contribution in [0, 0.1) is 5.21 Å². The van der Waals surface area contributed by atoms with Gasteiger partial charge in [-0.1, -0.05) is 12.1 Å². The van der Waals surface area contributed by atoms with Crippen LogP contribution in [0.3, 0.4) is 0 Å². The highest BCUT2D eigenvalue weighted by Gasteiger charge is 1.97. The third-order valence-electron chi connectivity index (χ3n) is 1.72. The summed E-state index contributed by atoms with van der Waals surface area (Å²) >= 11 is 0. The van der Waals surface area contributed by atoms with Crippen LogP contribution in [0.5, 0.6) is 0 Å². The molecule has 7 nitrogen and oxygen atoms in total. The molecule has 0 atom stereocenters. The van der Waals surface area contributed by atoms with E-state index in [9.17, 15) is 14.8 Å². The number of aliphatic carboxylic acids is 2. The largest absolute Gasteiger partial charge is 0.478 e. The Kier molecular flexibility index (Phi) is 4.44. The molecule has 0 saturated carbocycles. The summed E-state index contributed by atoms with van der Waals surface area (Å²) in [4.78, 5) is 19.6. The van der Waals surface area contributed by atoms with E-state index < -0.39 is 11.9 Å². The normalized spacial score (nSPS) is 10.0. The summed E-state index contributed by atoms with van der Waals surface area (Å²) in [5.41, 5.74) is 0.623. The zero-order valence-corrected chi connectivity index (χ0v) is 9.02. The van der Waals surface area contributed by atoms with Crippen LogP contribution in [0.2, 0.25) is 0 Å². The highest BCUT2D eigenvalue weighted by molar-refractivity contribution is 5.89. The number of carboxylic acids is 2. The first-order valence-electron chi connectivity index (χ1n) is 4.71. The minimum Gasteiger partial charge on any atom is -0.478 e. The Labute approximate surface area is 101 Å². The monoisotopic (exact) mass is 251 g/mol. The lowest BCUT2D eigenvalue weighted by Crippen LogP contribution is -2.19. The fraction of sp³-hybridized carbons (Fsp3) is 0. The lowest BCUT2D eigenvalue weighted by molar-refractivity contribution is -0.788. The van der Waals surface area contributed by atoms with Crippen molar-refractivity contribution in [1.29, 1.82) is 0 Å². The SMILES string of the molecule is O=C(O)C=CC(=O)O.[O-][n+]1cc2ccccc2o1.